The van der Waals surface area contributed by atoms with Crippen LogP contribution < -0.4 is 0 Å². The lowest BCUT2D eigenvalue weighted by atomic mass is 9.45. The maximum Gasteiger partial charge on any atom is 0.178 e. The summed E-state index contributed by atoms with van der Waals surface area (Å²) in [6.07, 6.45) is 10.8. The number of rotatable bonds is 6. The normalized spacial score (nSPS) is 15.3. The van der Waals surface area contributed by atoms with Crippen molar-refractivity contribution in [1.82, 2.24) is 30.4 Å². The molecule has 0 unspecified atom stereocenters. The summed E-state index contributed by atoms with van der Waals surface area (Å²) in [6, 6.07) is 42.3. The molecule has 6 aromatic rings. The van der Waals surface area contributed by atoms with Crippen molar-refractivity contribution in [3.8, 4) is 0 Å². The molecule has 1 aliphatic rings. The molecule has 200 valence electrons. The summed E-state index contributed by atoms with van der Waals surface area (Å²) in [4.78, 5) is 9.57. The molecule has 6 heteroatoms. The van der Waals surface area contributed by atoms with Gasteiger partial charge in [0.25, 0.3) is 0 Å². The van der Waals surface area contributed by atoms with Crippen LogP contribution in [0.5, 0.6) is 0 Å². The van der Waals surface area contributed by atoms with E-state index in [1.165, 1.54) is 0 Å². The second-order valence-electron chi connectivity index (χ2n) is 10.1. The topological polar surface area (TPSA) is 77.3 Å². The molecule has 6 nitrogen and oxygen atoms in total. The van der Waals surface area contributed by atoms with Crippen molar-refractivity contribution in [2.75, 3.05) is 0 Å². The minimum atomic E-state index is -0.898. The van der Waals surface area contributed by atoms with Crippen molar-refractivity contribution in [2.24, 2.45) is 0 Å². The zero-order valence-electron chi connectivity index (χ0n) is 22.7. The largest absolute Gasteiger partial charge is 0.234 e. The van der Waals surface area contributed by atoms with Crippen LogP contribution in [-0.2, 0) is 10.8 Å². The Hall–Kier alpha value is -5.62. The van der Waals surface area contributed by atoms with Crippen molar-refractivity contribution in [3.05, 3.63) is 192 Å². The third-order valence-corrected chi connectivity index (χ3v) is 8.06. The Balaban J connectivity index is 1.78. The molecule has 0 N–H and O–H groups in total. The van der Waals surface area contributed by atoms with Crippen LogP contribution in [0.25, 0.3) is 11.1 Å². The SMILES string of the molecule is C1=C(c2nccnn2)C(c2ccccc2)(c2ccccc2)C(c2ccccc2)(c2ccccc2)C(c2nccnn2)=C1. The monoisotopic (exact) mass is 542 g/mol. The lowest BCUT2D eigenvalue weighted by molar-refractivity contribution is 0.466. The standard InChI is InChI=1S/C36H26N6/c1-5-13-27(14-6-1)35(28-15-7-2-8-16-28)31(33-37-23-25-39-41-33)21-22-32(34-38-24-26-40-42-34)36(35,29-17-9-3-10-18-29)30-19-11-4-12-20-30/h1-26H. The van der Waals surface area contributed by atoms with Gasteiger partial charge in [0.1, 0.15) is 0 Å². The van der Waals surface area contributed by atoms with Crippen molar-refractivity contribution in [1.29, 1.82) is 0 Å². The molecule has 2 heterocycles. The maximum atomic E-state index is 4.78. The minimum Gasteiger partial charge on any atom is -0.234 e. The fraction of sp³-hybridized carbons (Fsp3) is 0.0556. The fourth-order valence-electron chi connectivity index (χ4n) is 6.62. The highest BCUT2D eigenvalue weighted by molar-refractivity contribution is 5.95. The zero-order chi connectivity index (χ0) is 28.2. The predicted molar refractivity (Wildman–Crippen MR) is 163 cm³/mol. The molecule has 0 fully saturated rings. The first-order valence-electron chi connectivity index (χ1n) is 13.8. The van der Waals surface area contributed by atoms with Crippen molar-refractivity contribution < 1.29 is 0 Å². The number of hydrogen-bond acceptors (Lipinski definition) is 6. The minimum absolute atomic E-state index is 0.545. The van der Waals surface area contributed by atoms with E-state index < -0.39 is 10.8 Å². The molecule has 7 rings (SSSR count). The van der Waals surface area contributed by atoms with E-state index in [4.69, 9.17) is 9.97 Å². The molecule has 0 amide bonds. The molecule has 4 aromatic carbocycles. The smallest absolute Gasteiger partial charge is 0.178 e. The van der Waals surface area contributed by atoms with E-state index in [0.717, 1.165) is 33.4 Å². The molecule has 2 aromatic heterocycles. The highest BCUT2D eigenvalue weighted by Crippen LogP contribution is 2.65. The van der Waals surface area contributed by atoms with Crippen molar-refractivity contribution in [3.63, 3.8) is 0 Å². The Bertz CT molecular complexity index is 1620. The third-order valence-electron chi connectivity index (χ3n) is 8.06. The number of benzene rings is 4. The summed E-state index contributed by atoms with van der Waals surface area (Å²) in [5, 5.41) is 17.7. The zero-order valence-corrected chi connectivity index (χ0v) is 22.7. The van der Waals surface area contributed by atoms with Crippen LogP contribution in [0.2, 0.25) is 0 Å². The van der Waals surface area contributed by atoms with Crippen LogP contribution in [0.4, 0.5) is 0 Å². The maximum absolute atomic E-state index is 4.78. The molecule has 0 bridgehead atoms. The molecule has 0 atom stereocenters. The molecular formula is C36H26N6. The number of allylic oxidation sites excluding steroid dienone is 4. The first-order chi connectivity index (χ1) is 20.9. The molecule has 0 aliphatic heterocycles. The average Bonchev–Trinajstić information content (AvgIpc) is 3.09. The van der Waals surface area contributed by atoms with Gasteiger partial charge in [-0.25, -0.2) is 9.97 Å². The predicted octanol–water partition coefficient (Wildman–Crippen LogP) is 6.51. The van der Waals surface area contributed by atoms with Gasteiger partial charge in [-0.3, -0.25) is 0 Å². The van der Waals surface area contributed by atoms with Crippen LogP contribution in [-0.4, -0.2) is 30.4 Å². The van der Waals surface area contributed by atoms with Gasteiger partial charge in [-0.15, -0.1) is 10.2 Å². The van der Waals surface area contributed by atoms with Crippen molar-refractivity contribution >= 4 is 11.1 Å². The number of nitrogens with zero attached hydrogens (tertiary/aromatic N) is 6. The average molecular weight is 543 g/mol. The second kappa shape index (κ2) is 10.7. The van der Waals surface area contributed by atoms with Gasteiger partial charge in [0, 0.05) is 23.5 Å². The molecule has 1 aliphatic carbocycles. The molecule has 42 heavy (non-hydrogen) atoms. The van der Waals surface area contributed by atoms with E-state index in [9.17, 15) is 0 Å². The summed E-state index contributed by atoms with van der Waals surface area (Å²) in [6.45, 7) is 0. The Morgan fingerprint density at radius 2 is 0.667 bits per heavy atom. The van der Waals surface area contributed by atoms with Gasteiger partial charge < -0.3 is 0 Å². The highest BCUT2D eigenvalue weighted by atomic mass is 15.1. The molecule has 0 radical (unpaired) electrons. The van der Waals surface area contributed by atoms with Crippen molar-refractivity contribution in [2.45, 2.75) is 10.8 Å². The Kier molecular flexibility index (Phi) is 6.49. The third kappa shape index (κ3) is 3.80. The molecule has 0 saturated heterocycles. The lowest BCUT2D eigenvalue weighted by Crippen LogP contribution is -2.54. The summed E-state index contributed by atoms with van der Waals surface area (Å²) < 4.78 is 0. The van der Waals surface area contributed by atoms with Gasteiger partial charge in [0.05, 0.1) is 23.2 Å². The highest BCUT2D eigenvalue weighted by Gasteiger charge is 2.62. The first-order valence-corrected chi connectivity index (χ1v) is 13.8. The van der Waals surface area contributed by atoms with E-state index in [1.807, 2.05) is 24.3 Å². The Labute approximate surface area is 244 Å². The van der Waals surface area contributed by atoms with Crippen LogP contribution in [0, 0.1) is 0 Å². The number of hydrogen-bond donors (Lipinski definition) is 0. The van der Waals surface area contributed by atoms with Gasteiger partial charge >= 0.3 is 0 Å². The summed E-state index contributed by atoms with van der Waals surface area (Å²) >= 11 is 0. The summed E-state index contributed by atoms with van der Waals surface area (Å²) in [5.74, 6) is 1.09. The molecule has 0 spiro atoms. The summed E-state index contributed by atoms with van der Waals surface area (Å²) in [5.41, 5.74) is 4.29. The second-order valence-corrected chi connectivity index (χ2v) is 10.1. The van der Waals surface area contributed by atoms with Gasteiger partial charge in [-0.1, -0.05) is 133 Å². The Morgan fingerprint density at radius 1 is 0.357 bits per heavy atom. The van der Waals surface area contributed by atoms with Gasteiger partial charge in [0.2, 0.25) is 0 Å². The lowest BCUT2D eigenvalue weighted by Gasteiger charge is -2.55. The van der Waals surface area contributed by atoms with E-state index in [1.54, 1.807) is 24.8 Å². The quantitative estimate of drug-likeness (QED) is 0.239. The van der Waals surface area contributed by atoms with E-state index in [-0.39, 0.29) is 0 Å². The molecule has 0 saturated carbocycles. The van der Waals surface area contributed by atoms with Crippen LogP contribution in [0.1, 0.15) is 33.9 Å². The van der Waals surface area contributed by atoms with Crippen LogP contribution >= 0.6 is 0 Å². The van der Waals surface area contributed by atoms with Gasteiger partial charge in [-0.05, 0) is 22.3 Å². The van der Waals surface area contributed by atoms with E-state index in [0.29, 0.717) is 11.6 Å². The van der Waals surface area contributed by atoms with E-state index >= 15 is 0 Å². The van der Waals surface area contributed by atoms with Gasteiger partial charge in [0.15, 0.2) is 11.6 Å². The first kappa shape index (κ1) is 25.4. The molecular weight excluding hydrogens is 516 g/mol. The summed E-state index contributed by atoms with van der Waals surface area (Å²) in [7, 11) is 0. The van der Waals surface area contributed by atoms with Gasteiger partial charge in [-0.2, -0.15) is 10.2 Å². The van der Waals surface area contributed by atoms with Crippen LogP contribution in [0.3, 0.4) is 0 Å². The fourth-order valence-corrected chi connectivity index (χ4v) is 6.62. The number of aromatic nitrogens is 6. The van der Waals surface area contributed by atoms with Crippen LogP contribution in [0.15, 0.2) is 158 Å². The Morgan fingerprint density at radius 3 is 0.929 bits per heavy atom. The van der Waals surface area contributed by atoms with E-state index in [2.05, 4.69) is 130 Å².